The molecule has 0 unspecified atom stereocenters. The number of piperidine rings is 1. The van der Waals surface area contributed by atoms with E-state index >= 15 is 0 Å². The number of rotatable bonds is 4. The van der Waals surface area contributed by atoms with Crippen molar-refractivity contribution in [3.8, 4) is 11.3 Å². The normalized spacial score (nSPS) is 18.3. The Labute approximate surface area is 157 Å². The van der Waals surface area contributed by atoms with Crippen LogP contribution in [-0.2, 0) is 0 Å². The van der Waals surface area contributed by atoms with E-state index in [-0.39, 0.29) is 5.56 Å². The fraction of sp³-hybridized carbons (Fsp3) is 0.400. The Morgan fingerprint density at radius 1 is 1.22 bits per heavy atom. The summed E-state index contributed by atoms with van der Waals surface area (Å²) in [5.74, 6) is 0.643. The number of benzene rings is 1. The second-order valence-corrected chi connectivity index (χ2v) is 7.27. The standard InChI is InChI=1S/C20H23F2N5/c1-13-7-8-15(16(11-13)19(21)22)18-17-6-4-10-27(17)20(25-24-18)23-14-5-3-9-26(2)12-14/h4,6-8,10-11,14,19H,3,5,9,12H2,1-2H3,(H,23,25)/t14-/m1/s1. The summed E-state index contributed by atoms with van der Waals surface area (Å²) in [5.41, 5.74) is 2.45. The van der Waals surface area contributed by atoms with Gasteiger partial charge in [-0.3, -0.25) is 4.40 Å². The average molecular weight is 371 g/mol. The number of hydrogen-bond acceptors (Lipinski definition) is 4. The molecular formula is C20H23F2N5. The zero-order valence-electron chi connectivity index (χ0n) is 15.5. The Balaban J connectivity index is 1.74. The number of anilines is 1. The third-order valence-electron chi connectivity index (χ3n) is 5.12. The van der Waals surface area contributed by atoms with Gasteiger partial charge in [0.25, 0.3) is 6.43 Å². The molecule has 0 spiro atoms. The van der Waals surface area contributed by atoms with E-state index in [1.165, 1.54) is 6.07 Å². The summed E-state index contributed by atoms with van der Waals surface area (Å²) in [6, 6.07) is 9.12. The van der Waals surface area contributed by atoms with Gasteiger partial charge in [0.05, 0.1) is 5.52 Å². The maximum Gasteiger partial charge on any atom is 0.264 e. The van der Waals surface area contributed by atoms with Crippen LogP contribution in [-0.4, -0.2) is 45.7 Å². The quantitative estimate of drug-likeness (QED) is 0.748. The summed E-state index contributed by atoms with van der Waals surface area (Å²) < 4.78 is 29.0. The number of fused-ring (bicyclic) bond motifs is 1. The lowest BCUT2D eigenvalue weighted by molar-refractivity contribution is 0.152. The van der Waals surface area contributed by atoms with Crippen LogP contribution < -0.4 is 5.32 Å². The van der Waals surface area contributed by atoms with Gasteiger partial charge < -0.3 is 10.2 Å². The van der Waals surface area contributed by atoms with Crippen molar-refractivity contribution < 1.29 is 8.78 Å². The lowest BCUT2D eigenvalue weighted by atomic mass is 10.0. The molecule has 3 aromatic rings. The Morgan fingerprint density at radius 2 is 2.07 bits per heavy atom. The van der Waals surface area contributed by atoms with Gasteiger partial charge in [-0.05, 0) is 51.6 Å². The van der Waals surface area contributed by atoms with Gasteiger partial charge in [0.15, 0.2) is 0 Å². The maximum atomic E-state index is 13.6. The highest BCUT2D eigenvalue weighted by molar-refractivity contribution is 5.80. The monoisotopic (exact) mass is 371 g/mol. The molecule has 142 valence electrons. The molecule has 2 aromatic heterocycles. The molecule has 0 radical (unpaired) electrons. The molecule has 7 heteroatoms. The summed E-state index contributed by atoms with van der Waals surface area (Å²) in [7, 11) is 2.11. The van der Waals surface area contributed by atoms with E-state index in [0.29, 0.717) is 23.2 Å². The molecule has 0 aliphatic carbocycles. The predicted octanol–water partition coefficient (Wildman–Crippen LogP) is 4.15. The van der Waals surface area contributed by atoms with Crippen LogP contribution in [0.1, 0.15) is 30.4 Å². The van der Waals surface area contributed by atoms with Crippen LogP contribution in [0.4, 0.5) is 14.7 Å². The molecule has 1 atom stereocenters. The first-order chi connectivity index (χ1) is 13.0. The number of alkyl halides is 2. The Hall–Kier alpha value is -2.54. The van der Waals surface area contributed by atoms with Crippen molar-refractivity contribution in [2.24, 2.45) is 0 Å². The molecule has 1 saturated heterocycles. The van der Waals surface area contributed by atoms with E-state index < -0.39 is 6.43 Å². The molecule has 3 heterocycles. The molecule has 0 saturated carbocycles. The van der Waals surface area contributed by atoms with Crippen LogP contribution in [0.2, 0.25) is 0 Å². The van der Waals surface area contributed by atoms with Crippen molar-refractivity contribution >= 4 is 11.5 Å². The van der Waals surface area contributed by atoms with Gasteiger partial charge in [0.2, 0.25) is 5.95 Å². The first kappa shape index (κ1) is 17.9. The molecule has 1 aromatic carbocycles. The molecule has 1 aliphatic heterocycles. The Bertz CT molecular complexity index is 953. The van der Waals surface area contributed by atoms with Crippen molar-refractivity contribution in [2.45, 2.75) is 32.2 Å². The lowest BCUT2D eigenvalue weighted by Gasteiger charge is -2.30. The van der Waals surface area contributed by atoms with Gasteiger partial charge in [-0.2, -0.15) is 0 Å². The van der Waals surface area contributed by atoms with E-state index in [0.717, 1.165) is 37.0 Å². The number of nitrogens with one attached hydrogen (secondary N) is 1. The van der Waals surface area contributed by atoms with Crippen LogP contribution in [0.25, 0.3) is 16.8 Å². The zero-order chi connectivity index (χ0) is 19.0. The molecular weight excluding hydrogens is 348 g/mol. The maximum absolute atomic E-state index is 13.6. The minimum atomic E-state index is -2.56. The second kappa shape index (κ2) is 7.23. The van der Waals surface area contributed by atoms with Gasteiger partial charge in [-0.25, -0.2) is 8.78 Å². The van der Waals surface area contributed by atoms with E-state index in [2.05, 4.69) is 27.5 Å². The molecule has 4 rings (SSSR count). The van der Waals surface area contributed by atoms with E-state index in [1.807, 2.05) is 35.7 Å². The van der Waals surface area contributed by atoms with Crippen LogP contribution >= 0.6 is 0 Å². The van der Waals surface area contributed by atoms with Gasteiger partial charge in [0, 0.05) is 29.9 Å². The fourth-order valence-corrected chi connectivity index (χ4v) is 3.79. The van der Waals surface area contributed by atoms with Gasteiger partial charge in [-0.1, -0.05) is 17.7 Å². The van der Waals surface area contributed by atoms with E-state index in [4.69, 9.17) is 0 Å². The first-order valence-corrected chi connectivity index (χ1v) is 9.21. The third-order valence-corrected chi connectivity index (χ3v) is 5.12. The lowest BCUT2D eigenvalue weighted by Crippen LogP contribution is -2.40. The number of aryl methyl sites for hydroxylation is 1. The molecule has 1 aliphatic rings. The largest absolute Gasteiger partial charge is 0.350 e. The van der Waals surface area contributed by atoms with Crippen molar-refractivity contribution in [1.82, 2.24) is 19.5 Å². The highest BCUT2D eigenvalue weighted by Gasteiger charge is 2.21. The molecule has 27 heavy (non-hydrogen) atoms. The Kier molecular flexibility index (Phi) is 4.78. The first-order valence-electron chi connectivity index (χ1n) is 9.21. The summed E-state index contributed by atoms with van der Waals surface area (Å²) in [6.45, 7) is 3.85. The summed E-state index contributed by atoms with van der Waals surface area (Å²) in [6.07, 6.45) is 1.53. The van der Waals surface area contributed by atoms with Crippen molar-refractivity contribution in [1.29, 1.82) is 0 Å². The second-order valence-electron chi connectivity index (χ2n) is 7.27. The van der Waals surface area contributed by atoms with Gasteiger partial charge in [0.1, 0.15) is 5.69 Å². The van der Waals surface area contributed by atoms with Crippen molar-refractivity contribution in [3.05, 3.63) is 47.7 Å². The molecule has 0 amide bonds. The van der Waals surface area contributed by atoms with Gasteiger partial charge in [-0.15, -0.1) is 10.2 Å². The predicted molar refractivity (Wildman–Crippen MR) is 102 cm³/mol. The molecule has 1 fully saturated rings. The summed E-state index contributed by atoms with van der Waals surface area (Å²) in [4.78, 5) is 2.29. The highest BCUT2D eigenvalue weighted by atomic mass is 19.3. The topological polar surface area (TPSA) is 45.5 Å². The van der Waals surface area contributed by atoms with Crippen LogP contribution in [0, 0.1) is 6.92 Å². The third kappa shape index (κ3) is 3.51. The van der Waals surface area contributed by atoms with E-state index in [9.17, 15) is 8.78 Å². The number of likely N-dealkylation sites (N-methyl/N-ethyl adjacent to an activating group) is 1. The zero-order valence-corrected chi connectivity index (χ0v) is 15.5. The smallest absolute Gasteiger partial charge is 0.264 e. The summed E-state index contributed by atoms with van der Waals surface area (Å²) >= 11 is 0. The number of aromatic nitrogens is 3. The molecule has 1 N–H and O–H groups in total. The number of hydrogen-bond donors (Lipinski definition) is 1. The highest BCUT2D eigenvalue weighted by Crippen LogP contribution is 2.33. The number of likely N-dealkylation sites (tertiary alicyclic amines) is 1. The number of halogens is 2. The van der Waals surface area contributed by atoms with Crippen LogP contribution in [0.15, 0.2) is 36.5 Å². The van der Waals surface area contributed by atoms with E-state index in [1.54, 1.807) is 6.07 Å². The average Bonchev–Trinajstić information content (AvgIpc) is 3.12. The van der Waals surface area contributed by atoms with Crippen LogP contribution in [0.3, 0.4) is 0 Å². The minimum Gasteiger partial charge on any atom is -0.350 e. The van der Waals surface area contributed by atoms with Crippen molar-refractivity contribution in [3.63, 3.8) is 0 Å². The Morgan fingerprint density at radius 3 is 2.85 bits per heavy atom. The SMILES string of the molecule is Cc1ccc(-c2nnc(N[C@@H]3CCCN(C)C3)n3cccc23)c(C(F)F)c1. The van der Waals surface area contributed by atoms with Crippen molar-refractivity contribution in [2.75, 3.05) is 25.5 Å². The van der Waals surface area contributed by atoms with Gasteiger partial charge >= 0.3 is 0 Å². The van der Waals surface area contributed by atoms with Crippen LogP contribution in [0.5, 0.6) is 0 Å². The molecule has 0 bridgehead atoms. The minimum absolute atomic E-state index is 0.0120. The summed E-state index contributed by atoms with van der Waals surface area (Å²) in [5, 5.41) is 12.1. The fourth-order valence-electron chi connectivity index (χ4n) is 3.79. The molecule has 5 nitrogen and oxygen atoms in total. The number of nitrogens with zero attached hydrogens (tertiary/aromatic N) is 4.